The summed E-state index contributed by atoms with van der Waals surface area (Å²) >= 11 is 0. The Balaban J connectivity index is 1.20. The Hall–Kier alpha value is -2.93. The summed E-state index contributed by atoms with van der Waals surface area (Å²) in [6.07, 6.45) is 5.20. The minimum Gasteiger partial charge on any atom is -0.364 e. The van der Waals surface area contributed by atoms with Crippen molar-refractivity contribution >= 4 is 5.91 Å². The Morgan fingerprint density at radius 2 is 1.90 bits per heavy atom. The summed E-state index contributed by atoms with van der Waals surface area (Å²) in [5.74, 6) is 1.36. The number of fused-ring (bicyclic) bond motifs is 1. The van der Waals surface area contributed by atoms with Gasteiger partial charge in [-0.25, -0.2) is 4.98 Å². The van der Waals surface area contributed by atoms with Gasteiger partial charge >= 0.3 is 0 Å². The lowest BCUT2D eigenvalue weighted by molar-refractivity contribution is -0.138. The highest BCUT2D eigenvalue weighted by Crippen LogP contribution is 2.28. The highest BCUT2D eigenvalue weighted by atomic mass is 16.5. The van der Waals surface area contributed by atoms with Crippen LogP contribution in [0, 0.1) is 5.92 Å². The van der Waals surface area contributed by atoms with E-state index in [1.807, 2.05) is 35.4 Å². The molecule has 7 nitrogen and oxygen atoms in total. The van der Waals surface area contributed by atoms with Crippen LogP contribution in [0.25, 0.3) is 11.4 Å². The topological polar surface area (TPSA) is 67.4 Å². The molecule has 1 saturated heterocycles. The lowest BCUT2D eigenvalue weighted by Crippen LogP contribution is -2.50. The SMILES string of the molecule is O=C([C@@H]1CCn2c(cnc2-c2ccccc2)C1)N1CCN(Cc2ccon2)CC1. The van der Waals surface area contributed by atoms with Crippen LogP contribution < -0.4 is 0 Å². The molecule has 2 aliphatic heterocycles. The van der Waals surface area contributed by atoms with Gasteiger partial charge in [-0.15, -0.1) is 0 Å². The molecule has 2 aliphatic rings. The van der Waals surface area contributed by atoms with Gasteiger partial charge in [0.05, 0.1) is 5.69 Å². The predicted molar refractivity (Wildman–Crippen MR) is 108 cm³/mol. The van der Waals surface area contributed by atoms with Crippen LogP contribution in [0.4, 0.5) is 0 Å². The number of aromatic nitrogens is 3. The van der Waals surface area contributed by atoms with Crippen molar-refractivity contribution in [2.45, 2.75) is 25.9 Å². The number of imidazole rings is 1. The molecular weight excluding hydrogens is 366 g/mol. The molecule has 1 fully saturated rings. The van der Waals surface area contributed by atoms with Crippen molar-refractivity contribution < 1.29 is 9.32 Å². The van der Waals surface area contributed by atoms with Crippen LogP contribution in [0.2, 0.25) is 0 Å². The monoisotopic (exact) mass is 391 g/mol. The van der Waals surface area contributed by atoms with Gasteiger partial charge in [0.2, 0.25) is 5.91 Å². The molecule has 7 heteroatoms. The second kappa shape index (κ2) is 7.83. The maximum absolute atomic E-state index is 13.1. The van der Waals surface area contributed by atoms with Crippen molar-refractivity contribution in [3.63, 3.8) is 0 Å². The van der Waals surface area contributed by atoms with Gasteiger partial charge in [-0.3, -0.25) is 9.69 Å². The van der Waals surface area contributed by atoms with Gasteiger partial charge in [-0.1, -0.05) is 35.5 Å². The standard InChI is InChI=1S/C22H25N5O2/c28-22(26-11-9-25(10-12-26)16-19-7-13-29-24-19)18-6-8-27-20(14-18)15-23-21(27)17-4-2-1-3-5-17/h1-5,7,13,15,18H,6,8-12,14,16H2/t18-/m1/s1. The third kappa shape index (κ3) is 3.70. The normalized spacial score (nSPS) is 19.9. The molecule has 0 unspecified atom stereocenters. The van der Waals surface area contributed by atoms with E-state index < -0.39 is 0 Å². The first kappa shape index (κ1) is 18.1. The average Bonchev–Trinajstić information content (AvgIpc) is 3.44. The minimum absolute atomic E-state index is 0.0601. The van der Waals surface area contributed by atoms with Gasteiger partial charge in [0.1, 0.15) is 12.1 Å². The molecular formula is C22H25N5O2. The molecule has 0 bridgehead atoms. The maximum Gasteiger partial charge on any atom is 0.226 e. The second-order valence-corrected chi connectivity index (χ2v) is 7.87. The quantitative estimate of drug-likeness (QED) is 0.683. The van der Waals surface area contributed by atoms with Crippen LogP contribution in [0.1, 0.15) is 17.8 Å². The Labute approximate surface area is 169 Å². The van der Waals surface area contributed by atoms with E-state index in [1.165, 1.54) is 0 Å². The van der Waals surface area contributed by atoms with Gasteiger partial charge in [0.25, 0.3) is 0 Å². The van der Waals surface area contributed by atoms with Crippen LogP contribution in [0.3, 0.4) is 0 Å². The molecule has 0 radical (unpaired) electrons. The summed E-state index contributed by atoms with van der Waals surface area (Å²) in [4.78, 5) is 22.1. The number of carbonyl (C=O) groups excluding carboxylic acids is 1. The highest BCUT2D eigenvalue weighted by Gasteiger charge is 2.31. The van der Waals surface area contributed by atoms with Gasteiger partial charge < -0.3 is 14.0 Å². The summed E-state index contributed by atoms with van der Waals surface area (Å²) in [6.45, 7) is 4.94. The zero-order valence-corrected chi connectivity index (χ0v) is 16.4. The number of hydrogen-bond acceptors (Lipinski definition) is 5. The van der Waals surface area contributed by atoms with Crippen LogP contribution in [0.15, 0.2) is 53.4 Å². The summed E-state index contributed by atoms with van der Waals surface area (Å²) < 4.78 is 7.18. The third-order valence-corrected chi connectivity index (χ3v) is 6.04. The zero-order valence-electron chi connectivity index (χ0n) is 16.4. The molecule has 4 heterocycles. The molecule has 1 atom stereocenters. The molecule has 150 valence electrons. The van der Waals surface area contributed by atoms with Crippen molar-refractivity contribution in [3.8, 4) is 11.4 Å². The fourth-order valence-corrected chi connectivity index (χ4v) is 4.42. The molecule has 0 aliphatic carbocycles. The molecule has 1 aromatic carbocycles. The number of rotatable bonds is 4. The van der Waals surface area contributed by atoms with Crippen molar-refractivity contribution in [3.05, 3.63) is 60.2 Å². The van der Waals surface area contributed by atoms with Gasteiger partial charge in [-0.2, -0.15) is 0 Å². The summed E-state index contributed by atoms with van der Waals surface area (Å²) in [5.41, 5.74) is 3.24. The lowest BCUT2D eigenvalue weighted by Gasteiger charge is -2.37. The van der Waals surface area contributed by atoms with Crippen LogP contribution in [0.5, 0.6) is 0 Å². The fourth-order valence-electron chi connectivity index (χ4n) is 4.42. The van der Waals surface area contributed by atoms with E-state index in [-0.39, 0.29) is 5.92 Å². The Morgan fingerprint density at radius 3 is 2.66 bits per heavy atom. The lowest BCUT2D eigenvalue weighted by atomic mass is 9.94. The molecule has 1 amide bonds. The van der Waals surface area contributed by atoms with Gasteiger partial charge in [-0.05, 0) is 6.42 Å². The Kier molecular flexibility index (Phi) is 4.89. The van der Waals surface area contributed by atoms with Crippen molar-refractivity contribution in [1.29, 1.82) is 0 Å². The van der Waals surface area contributed by atoms with Crippen molar-refractivity contribution in [2.24, 2.45) is 5.92 Å². The molecule has 29 heavy (non-hydrogen) atoms. The van der Waals surface area contributed by atoms with Crippen molar-refractivity contribution in [2.75, 3.05) is 26.2 Å². The van der Waals surface area contributed by atoms with E-state index in [9.17, 15) is 4.79 Å². The molecule has 2 aromatic heterocycles. The molecule has 0 N–H and O–H groups in total. The van der Waals surface area contributed by atoms with Gasteiger partial charge in [0.15, 0.2) is 0 Å². The number of hydrogen-bond donors (Lipinski definition) is 0. The first-order valence-corrected chi connectivity index (χ1v) is 10.3. The smallest absolute Gasteiger partial charge is 0.226 e. The first-order valence-electron chi connectivity index (χ1n) is 10.3. The fraction of sp³-hybridized carbons (Fsp3) is 0.409. The minimum atomic E-state index is 0.0601. The summed E-state index contributed by atoms with van der Waals surface area (Å²) in [7, 11) is 0. The summed E-state index contributed by atoms with van der Waals surface area (Å²) in [6, 6.07) is 12.2. The van der Waals surface area contributed by atoms with E-state index in [2.05, 4.69) is 31.7 Å². The van der Waals surface area contributed by atoms with E-state index in [1.54, 1.807) is 6.26 Å². The second-order valence-electron chi connectivity index (χ2n) is 7.87. The predicted octanol–water partition coefficient (Wildman–Crippen LogP) is 2.44. The highest BCUT2D eigenvalue weighted by molar-refractivity contribution is 5.79. The number of benzene rings is 1. The van der Waals surface area contributed by atoms with Crippen LogP contribution in [-0.4, -0.2) is 56.6 Å². The van der Waals surface area contributed by atoms with Crippen LogP contribution >= 0.6 is 0 Å². The van der Waals surface area contributed by atoms with E-state index in [0.29, 0.717) is 5.91 Å². The molecule has 0 spiro atoms. The number of carbonyl (C=O) groups is 1. The Morgan fingerprint density at radius 1 is 1.07 bits per heavy atom. The van der Waals surface area contributed by atoms with Gasteiger partial charge in [0, 0.05) is 75.1 Å². The molecule has 0 saturated carbocycles. The maximum atomic E-state index is 13.1. The zero-order chi connectivity index (χ0) is 19.6. The first-order chi connectivity index (χ1) is 14.3. The average molecular weight is 391 g/mol. The number of nitrogens with zero attached hydrogens (tertiary/aromatic N) is 5. The van der Waals surface area contributed by atoms with E-state index in [4.69, 9.17) is 4.52 Å². The Bertz CT molecular complexity index is 959. The van der Waals surface area contributed by atoms with E-state index >= 15 is 0 Å². The summed E-state index contributed by atoms with van der Waals surface area (Å²) in [5, 5.41) is 3.98. The van der Waals surface area contributed by atoms with E-state index in [0.717, 1.165) is 74.9 Å². The van der Waals surface area contributed by atoms with Crippen LogP contribution in [-0.2, 0) is 24.3 Å². The van der Waals surface area contributed by atoms with Crippen molar-refractivity contribution in [1.82, 2.24) is 24.5 Å². The number of amides is 1. The third-order valence-electron chi connectivity index (χ3n) is 6.04. The largest absolute Gasteiger partial charge is 0.364 e. The number of piperazine rings is 1. The molecule has 5 rings (SSSR count). The molecule has 3 aromatic rings.